The Hall–Kier alpha value is -0.870. The predicted octanol–water partition coefficient (Wildman–Crippen LogP) is 4.46. The molecule has 1 rings (SSSR count). The van der Waals surface area contributed by atoms with Crippen LogP contribution in [0.15, 0.2) is 12.2 Å². The van der Waals surface area contributed by atoms with Crippen LogP contribution in [0.4, 0.5) is 0 Å². The van der Waals surface area contributed by atoms with Crippen LogP contribution in [0.5, 0.6) is 0 Å². The summed E-state index contributed by atoms with van der Waals surface area (Å²) in [7, 11) is 0. The maximum atomic E-state index is 10.4. The van der Waals surface area contributed by atoms with Crippen molar-refractivity contribution in [2.24, 2.45) is 0 Å². The molecule has 4 heteroatoms. The summed E-state index contributed by atoms with van der Waals surface area (Å²) in [5.41, 5.74) is -0.712. The van der Waals surface area contributed by atoms with Gasteiger partial charge in [-0.25, -0.2) is 0 Å². The average molecular weight is 326 g/mol. The standard InChI is InChI=1S/C19H34O4/c1-3-4-10-14-19(2,22)15-13-17-16(23-17)11-8-6-5-7-9-12-18(20)21/h13,15-17,22H,3-12,14H2,1-2H3,(H,20,21)/b15-13+. The second-order valence-corrected chi connectivity index (χ2v) is 7.01. The lowest BCUT2D eigenvalue weighted by Crippen LogP contribution is -2.20. The number of ether oxygens (including phenoxy) is 1. The number of aliphatic carboxylic acids is 1. The Labute approximate surface area is 140 Å². The van der Waals surface area contributed by atoms with Gasteiger partial charge in [-0.2, -0.15) is 0 Å². The summed E-state index contributed by atoms with van der Waals surface area (Å²) in [6, 6.07) is 0. The fraction of sp³-hybridized carbons (Fsp3) is 0.842. The van der Waals surface area contributed by atoms with Gasteiger partial charge < -0.3 is 14.9 Å². The second kappa shape index (κ2) is 10.8. The molecule has 4 nitrogen and oxygen atoms in total. The molecule has 3 atom stereocenters. The van der Waals surface area contributed by atoms with E-state index in [0.717, 1.165) is 51.4 Å². The Bertz CT molecular complexity index is 362. The number of rotatable bonds is 14. The molecule has 0 spiro atoms. The van der Waals surface area contributed by atoms with E-state index < -0.39 is 11.6 Å². The molecule has 0 aromatic rings. The van der Waals surface area contributed by atoms with Crippen molar-refractivity contribution in [3.05, 3.63) is 12.2 Å². The molecule has 0 aromatic carbocycles. The third kappa shape index (κ3) is 10.5. The molecule has 3 unspecified atom stereocenters. The van der Waals surface area contributed by atoms with Crippen LogP contribution >= 0.6 is 0 Å². The summed E-state index contributed by atoms with van der Waals surface area (Å²) in [5.74, 6) is -0.698. The van der Waals surface area contributed by atoms with Crippen molar-refractivity contribution >= 4 is 5.97 Å². The largest absolute Gasteiger partial charge is 0.481 e. The van der Waals surface area contributed by atoms with Crippen molar-refractivity contribution in [1.29, 1.82) is 0 Å². The normalized spacial score (nSPS) is 23.1. The van der Waals surface area contributed by atoms with Crippen molar-refractivity contribution < 1.29 is 19.7 Å². The van der Waals surface area contributed by atoms with Crippen LogP contribution in [-0.2, 0) is 9.53 Å². The highest BCUT2D eigenvalue weighted by Crippen LogP contribution is 2.30. The van der Waals surface area contributed by atoms with Gasteiger partial charge in [0.2, 0.25) is 0 Å². The first kappa shape index (κ1) is 20.2. The van der Waals surface area contributed by atoms with Crippen LogP contribution in [0.2, 0.25) is 0 Å². The smallest absolute Gasteiger partial charge is 0.303 e. The monoisotopic (exact) mass is 326 g/mol. The molecule has 1 heterocycles. The highest BCUT2D eigenvalue weighted by molar-refractivity contribution is 5.66. The summed E-state index contributed by atoms with van der Waals surface area (Å²) in [5, 5.41) is 18.8. The van der Waals surface area contributed by atoms with Gasteiger partial charge >= 0.3 is 5.97 Å². The minimum Gasteiger partial charge on any atom is -0.481 e. The summed E-state index contributed by atoms with van der Waals surface area (Å²) in [4.78, 5) is 10.4. The fourth-order valence-electron chi connectivity index (χ4n) is 2.83. The van der Waals surface area contributed by atoms with Gasteiger partial charge in [0.25, 0.3) is 0 Å². The molecule has 0 bridgehead atoms. The van der Waals surface area contributed by atoms with E-state index in [0.29, 0.717) is 6.10 Å². The summed E-state index contributed by atoms with van der Waals surface area (Å²) < 4.78 is 5.62. The number of aliphatic hydroxyl groups is 1. The molecule has 2 N–H and O–H groups in total. The Balaban J connectivity index is 2.02. The SMILES string of the molecule is CCCCCC(C)(O)/C=C/C1OC1CCCCCCCC(=O)O. The molecule has 1 aliphatic rings. The predicted molar refractivity (Wildman–Crippen MR) is 92.5 cm³/mol. The minimum atomic E-state index is -0.712. The average Bonchev–Trinajstić information content (AvgIpc) is 3.23. The molecule has 0 amide bonds. The fourth-order valence-corrected chi connectivity index (χ4v) is 2.83. The van der Waals surface area contributed by atoms with E-state index in [9.17, 15) is 9.90 Å². The van der Waals surface area contributed by atoms with Crippen LogP contribution in [0.3, 0.4) is 0 Å². The zero-order chi connectivity index (χ0) is 17.1. The van der Waals surface area contributed by atoms with Crippen LogP contribution < -0.4 is 0 Å². The number of epoxide rings is 1. The van der Waals surface area contributed by atoms with Gasteiger partial charge in [0.15, 0.2) is 0 Å². The summed E-state index contributed by atoms with van der Waals surface area (Å²) in [6.45, 7) is 4.03. The third-order valence-corrected chi connectivity index (χ3v) is 4.43. The van der Waals surface area contributed by atoms with E-state index in [2.05, 4.69) is 6.92 Å². The van der Waals surface area contributed by atoms with Crippen LogP contribution in [-0.4, -0.2) is 34.0 Å². The van der Waals surface area contributed by atoms with Gasteiger partial charge in [0.1, 0.15) is 6.10 Å². The molecule has 0 aliphatic carbocycles. The van der Waals surface area contributed by atoms with Crippen molar-refractivity contribution in [2.75, 3.05) is 0 Å². The first-order chi connectivity index (χ1) is 10.9. The van der Waals surface area contributed by atoms with Crippen LogP contribution in [0, 0.1) is 0 Å². The highest BCUT2D eigenvalue weighted by atomic mass is 16.6. The van der Waals surface area contributed by atoms with Crippen LogP contribution in [0.25, 0.3) is 0 Å². The van der Waals surface area contributed by atoms with E-state index in [-0.39, 0.29) is 12.5 Å². The molecule has 1 aliphatic heterocycles. The first-order valence-electron chi connectivity index (χ1n) is 9.23. The molecule has 134 valence electrons. The summed E-state index contributed by atoms with van der Waals surface area (Å²) >= 11 is 0. The number of unbranched alkanes of at least 4 members (excludes halogenated alkanes) is 6. The van der Waals surface area contributed by atoms with Gasteiger partial charge in [-0.05, 0) is 26.2 Å². The Morgan fingerprint density at radius 2 is 1.83 bits per heavy atom. The minimum absolute atomic E-state index is 0.180. The quantitative estimate of drug-likeness (QED) is 0.281. The Morgan fingerprint density at radius 1 is 1.13 bits per heavy atom. The number of carboxylic acid groups (broad SMARTS) is 1. The lowest BCUT2D eigenvalue weighted by atomic mass is 9.97. The van der Waals surface area contributed by atoms with Crippen molar-refractivity contribution in [3.8, 4) is 0 Å². The van der Waals surface area contributed by atoms with E-state index in [1.807, 2.05) is 19.1 Å². The second-order valence-electron chi connectivity index (χ2n) is 7.01. The maximum absolute atomic E-state index is 10.4. The van der Waals surface area contributed by atoms with Gasteiger partial charge in [-0.1, -0.05) is 64.0 Å². The van der Waals surface area contributed by atoms with E-state index in [1.165, 1.54) is 12.8 Å². The van der Waals surface area contributed by atoms with Crippen LogP contribution in [0.1, 0.15) is 84.5 Å². The lowest BCUT2D eigenvalue weighted by Gasteiger charge is -2.18. The van der Waals surface area contributed by atoms with Gasteiger partial charge in [0.05, 0.1) is 11.7 Å². The number of carboxylic acids is 1. The molecule has 23 heavy (non-hydrogen) atoms. The number of hydrogen-bond donors (Lipinski definition) is 2. The Kier molecular flexibility index (Phi) is 9.49. The molecule has 0 aromatic heterocycles. The Morgan fingerprint density at radius 3 is 2.52 bits per heavy atom. The first-order valence-corrected chi connectivity index (χ1v) is 9.23. The van der Waals surface area contributed by atoms with E-state index in [1.54, 1.807) is 0 Å². The van der Waals surface area contributed by atoms with Crippen molar-refractivity contribution in [2.45, 2.75) is 102 Å². The topological polar surface area (TPSA) is 70.1 Å². The molecular weight excluding hydrogens is 292 g/mol. The zero-order valence-corrected chi connectivity index (χ0v) is 14.8. The van der Waals surface area contributed by atoms with Gasteiger partial charge in [-0.15, -0.1) is 0 Å². The highest BCUT2D eigenvalue weighted by Gasteiger charge is 2.36. The van der Waals surface area contributed by atoms with Crippen molar-refractivity contribution in [3.63, 3.8) is 0 Å². The van der Waals surface area contributed by atoms with Gasteiger partial charge in [-0.3, -0.25) is 4.79 Å². The maximum Gasteiger partial charge on any atom is 0.303 e. The lowest BCUT2D eigenvalue weighted by molar-refractivity contribution is -0.137. The third-order valence-electron chi connectivity index (χ3n) is 4.43. The number of hydrogen-bond acceptors (Lipinski definition) is 3. The molecule has 0 saturated carbocycles. The van der Waals surface area contributed by atoms with E-state index >= 15 is 0 Å². The molecular formula is C19H34O4. The molecule has 1 saturated heterocycles. The molecule has 1 fully saturated rings. The van der Waals surface area contributed by atoms with Crippen molar-refractivity contribution in [1.82, 2.24) is 0 Å². The zero-order valence-electron chi connectivity index (χ0n) is 14.8. The van der Waals surface area contributed by atoms with Gasteiger partial charge in [0, 0.05) is 6.42 Å². The van der Waals surface area contributed by atoms with E-state index in [4.69, 9.17) is 9.84 Å². The molecule has 0 radical (unpaired) electrons. The number of carbonyl (C=O) groups is 1. The summed E-state index contributed by atoms with van der Waals surface area (Å²) in [6.07, 6.45) is 15.1.